The topological polar surface area (TPSA) is 52.7 Å². The Balaban J connectivity index is 1.40. The van der Waals surface area contributed by atoms with Gasteiger partial charge in [-0.1, -0.05) is 23.2 Å². The summed E-state index contributed by atoms with van der Waals surface area (Å²) in [5.74, 6) is 0.657. The van der Waals surface area contributed by atoms with Crippen molar-refractivity contribution >= 4 is 40.7 Å². The summed E-state index contributed by atoms with van der Waals surface area (Å²) in [5.41, 5.74) is 0.576. The summed E-state index contributed by atoms with van der Waals surface area (Å²) < 4.78 is 0. The summed E-state index contributed by atoms with van der Waals surface area (Å²) in [7, 11) is 0. The van der Waals surface area contributed by atoms with Gasteiger partial charge in [-0.2, -0.15) is 0 Å². The van der Waals surface area contributed by atoms with Crippen LogP contribution < -0.4 is 5.32 Å². The van der Waals surface area contributed by atoms with Crippen molar-refractivity contribution in [3.05, 3.63) is 28.2 Å². The van der Waals surface area contributed by atoms with Crippen molar-refractivity contribution in [2.45, 2.75) is 32.1 Å². The van der Waals surface area contributed by atoms with Crippen LogP contribution in [0.4, 0.5) is 5.69 Å². The highest BCUT2D eigenvalue weighted by atomic mass is 35.5. The molecule has 2 aliphatic heterocycles. The van der Waals surface area contributed by atoms with Crippen molar-refractivity contribution in [1.29, 1.82) is 0 Å². The lowest BCUT2D eigenvalue weighted by atomic mass is 9.93. The number of hydrogen-bond acceptors (Lipinski definition) is 3. The monoisotopic (exact) mass is 397 g/mol. The molecule has 1 aromatic rings. The van der Waals surface area contributed by atoms with Gasteiger partial charge in [0.1, 0.15) is 0 Å². The van der Waals surface area contributed by atoms with E-state index >= 15 is 0 Å². The molecule has 1 aromatic carbocycles. The number of nitrogens with zero attached hydrogens (tertiary/aromatic N) is 2. The molecule has 0 spiro atoms. The van der Waals surface area contributed by atoms with Crippen molar-refractivity contribution in [3.8, 4) is 0 Å². The Morgan fingerprint density at radius 1 is 1.08 bits per heavy atom. The zero-order valence-corrected chi connectivity index (χ0v) is 16.4. The molecule has 2 aliphatic rings. The minimum absolute atomic E-state index is 0.0826. The molecule has 0 atom stereocenters. The lowest BCUT2D eigenvalue weighted by molar-refractivity contribution is -0.131. The van der Waals surface area contributed by atoms with Crippen molar-refractivity contribution in [2.75, 3.05) is 38.0 Å². The Hall–Kier alpha value is -1.30. The predicted molar refractivity (Wildman–Crippen MR) is 105 cm³/mol. The summed E-state index contributed by atoms with van der Waals surface area (Å²) in [6.45, 7) is 3.88. The molecule has 0 bridgehead atoms. The first-order valence-electron chi connectivity index (χ1n) is 9.26. The number of likely N-dealkylation sites (tertiary alicyclic amines) is 2. The Labute approximate surface area is 164 Å². The van der Waals surface area contributed by atoms with Gasteiger partial charge in [-0.15, -0.1) is 0 Å². The van der Waals surface area contributed by atoms with E-state index in [9.17, 15) is 9.59 Å². The summed E-state index contributed by atoms with van der Waals surface area (Å²) in [5, 5.41) is 3.81. The lowest BCUT2D eigenvalue weighted by Crippen LogP contribution is -2.40. The second kappa shape index (κ2) is 9.07. The van der Waals surface area contributed by atoms with Crippen LogP contribution in [0.15, 0.2) is 18.2 Å². The standard InChI is InChI=1S/C19H25Cl2N3O2/c20-15-3-4-17(16(21)12-15)22-18(25)13-23-9-5-14(6-10-23)11-19(26)24-7-1-2-8-24/h3-4,12,14H,1-2,5-11,13H2,(H,22,25). The van der Waals surface area contributed by atoms with Gasteiger partial charge in [0.15, 0.2) is 0 Å². The fourth-order valence-corrected chi connectivity index (χ4v) is 4.13. The summed E-state index contributed by atoms with van der Waals surface area (Å²) in [4.78, 5) is 28.6. The molecule has 5 nitrogen and oxygen atoms in total. The number of nitrogens with one attached hydrogen (secondary N) is 1. The minimum atomic E-state index is -0.0826. The molecule has 2 heterocycles. The van der Waals surface area contributed by atoms with Crippen LogP contribution in [-0.2, 0) is 9.59 Å². The van der Waals surface area contributed by atoms with Crippen molar-refractivity contribution in [3.63, 3.8) is 0 Å². The highest BCUT2D eigenvalue weighted by molar-refractivity contribution is 6.36. The molecule has 0 unspecified atom stereocenters. The van der Waals surface area contributed by atoms with Gasteiger partial charge in [0, 0.05) is 24.5 Å². The molecule has 142 valence electrons. The number of piperidine rings is 1. The maximum atomic E-state index is 12.3. The van der Waals surface area contributed by atoms with Crippen LogP contribution >= 0.6 is 23.2 Å². The van der Waals surface area contributed by atoms with Crippen LogP contribution in [0.1, 0.15) is 32.1 Å². The second-order valence-corrected chi connectivity index (χ2v) is 8.03. The van der Waals surface area contributed by atoms with E-state index in [4.69, 9.17) is 23.2 Å². The molecule has 2 amide bonds. The molecule has 0 radical (unpaired) electrons. The molecule has 2 saturated heterocycles. The normalized spacial score (nSPS) is 18.9. The Morgan fingerprint density at radius 3 is 2.42 bits per heavy atom. The van der Waals surface area contributed by atoms with E-state index in [2.05, 4.69) is 10.2 Å². The van der Waals surface area contributed by atoms with Crippen LogP contribution in [0.2, 0.25) is 10.0 Å². The Morgan fingerprint density at radius 2 is 1.77 bits per heavy atom. The highest BCUT2D eigenvalue weighted by Gasteiger charge is 2.26. The highest BCUT2D eigenvalue weighted by Crippen LogP contribution is 2.26. The molecule has 3 rings (SSSR count). The number of benzene rings is 1. The van der Waals surface area contributed by atoms with Gasteiger partial charge in [-0.05, 0) is 62.9 Å². The fourth-order valence-electron chi connectivity index (χ4n) is 3.67. The van der Waals surface area contributed by atoms with Crippen molar-refractivity contribution < 1.29 is 9.59 Å². The number of anilines is 1. The molecule has 26 heavy (non-hydrogen) atoms. The number of amides is 2. The molecular weight excluding hydrogens is 373 g/mol. The van der Waals surface area contributed by atoms with E-state index in [-0.39, 0.29) is 5.91 Å². The first-order chi connectivity index (χ1) is 12.5. The Bertz CT molecular complexity index is 654. The third kappa shape index (κ3) is 5.35. The number of halogens is 2. The van der Waals surface area contributed by atoms with E-state index < -0.39 is 0 Å². The third-order valence-corrected chi connectivity index (χ3v) is 5.75. The molecular formula is C19H25Cl2N3O2. The summed E-state index contributed by atoms with van der Waals surface area (Å²) in [6, 6.07) is 5.02. The van der Waals surface area contributed by atoms with Crippen LogP contribution in [0.3, 0.4) is 0 Å². The van der Waals surface area contributed by atoms with Gasteiger partial charge in [0.05, 0.1) is 17.3 Å². The van der Waals surface area contributed by atoms with Gasteiger partial charge in [-0.25, -0.2) is 0 Å². The predicted octanol–water partition coefficient (Wildman–Crippen LogP) is 3.66. The van der Waals surface area contributed by atoms with E-state index in [0.29, 0.717) is 40.5 Å². The number of hydrogen-bond donors (Lipinski definition) is 1. The molecule has 2 fully saturated rings. The average molecular weight is 398 g/mol. The van der Waals surface area contributed by atoms with Crippen molar-refractivity contribution in [2.24, 2.45) is 5.92 Å². The van der Waals surface area contributed by atoms with Gasteiger partial charge >= 0.3 is 0 Å². The van der Waals surface area contributed by atoms with Crippen LogP contribution in [-0.4, -0.2) is 54.3 Å². The van der Waals surface area contributed by atoms with Gasteiger partial charge in [-0.3, -0.25) is 14.5 Å². The molecule has 0 aliphatic carbocycles. The first-order valence-corrected chi connectivity index (χ1v) is 10.0. The van der Waals surface area contributed by atoms with Gasteiger partial charge in [0.25, 0.3) is 0 Å². The van der Waals surface area contributed by atoms with E-state index in [0.717, 1.165) is 51.9 Å². The smallest absolute Gasteiger partial charge is 0.238 e. The third-order valence-electron chi connectivity index (χ3n) is 5.20. The zero-order valence-electron chi connectivity index (χ0n) is 14.8. The zero-order chi connectivity index (χ0) is 18.5. The largest absolute Gasteiger partial charge is 0.343 e. The number of carbonyl (C=O) groups excluding carboxylic acids is 2. The van der Waals surface area contributed by atoms with E-state index in [1.807, 2.05) is 4.90 Å². The van der Waals surface area contributed by atoms with Crippen molar-refractivity contribution in [1.82, 2.24) is 9.80 Å². The van der Waals surface area contributed by atoms with E-state index in [1.165, 1.54) is 0 Å². The molecule has 1 N–H and O–H groups in total. The van der Waals surface area contributed by atoms with Gasteiger partial charge in [0.2, 0.25) is 11.8 Å². The SMILES string of the molecule is O=C(CN1CCC(CC(=O)N2CCCC2)CC1)Nc1ccc(Cl)cc1Cl. The van der Waals surface area contributed by atoms with E-state index in [1.54, 1.807) is 18.2 Å². The lowest BCUT2D eigenvalue weighted by Gasteiger charge is -2.31. The number of carbonyl (C=O) groups is 2. The fraction of sp³-hybridized carbons (Fsp3) is 0.579. The summed E-state index contributed by atoms with van der Waals surface area (Å²) >= 11 is 12.0. The van der Waals surface area contributed by atoms with Gasteiger partial charge < -0.3 is 10.2 Å². The second-order valence-electron chi connectivity index (χ2n) is 7.18. The summed E-state index contributed by atoms with van der Waals surface area (Å²) in [6.07, 6.45) is 4.86. The maximum Gasteiger partial charge on any atom is 0.238 e. The van der Waals surface area contributed by atoms with Crippen LogP contribution in [0, 0.1) is 5.92 Å². The average Bonchev–Trinajstić information content (AvgIpc) is 3.14. The van der Waals surface area contributed by atoms with Crippen LogP contribution in [0.5, 0.6) is 0 Å². The molecule has 7 heteroatoms. The number of rotatable bonds is 5. The Kier molecular flexibility index (Phi) is 6.79. The maximum absolute atomic E-state index is 12.3. The minimum Gasteiger partial charge on any atom is -0.343 e. The quantitative estimate of drug-likeness (QED) is 0.824. The molecule has 0 saturated carbocycles. The van der Waals surface area contributed by atoms with Crippen LogP contribution in [0.25, 0.3) is 0 Å². The molecule has 0 aromatic heterocycles. The first kappa shape index (κ1) is 19.5.